The predicted molar refractivity (Wildman–Crippen MR) is 379 cm³/mol. The van der Waals surface area contributed by atoms with Crippen molar-refractivity contribution in [2.24, 2.45) is 0 Å². The van der Waals surface area contributed by atoms with Gasteiger partial charge in [-0.3, -0.25) is 4.79 Å². The minimum Gasteiger partial charge on any atom is -0.394 e. The quantitative estimate of drug-likeness (QED) is 0.0199. The highest BCUT2D eigenvalue weighted by Crippen LogP contribution is 2.33. The summed E-state index contributed by atoms with van der Waals surface area (Å²) < 4.78 is 34.5. The van der Waals surface area contributed by atoms with Gasteiger partial charge in [0.2, 0.25) is 5.91 Å². The molecule has 3 heterocycles. The molecule has 0 saturated carbocycles. The van der Waals surface area contributed by atoms with E-state index >= 15 is 0 Å². The highest BCUT2D eigenvalue weighted by atomic mass is 16.8. The number of carbonyl (C=O) groups excluding carboxylic acids is 1. The lowest BCUT2D eigenvalue weighted by Crippen LogP contribution is -2.66. The monoisotopic (exact) mass is 1370 g/mol. The molecule has 0 bridgehead atoms. The van der Waals surface area contributed by atoms with Crippen LogP contribution in [0.3, 0.4) is 0 Å². The molecule has 0 spiro atoms. The molecule has 0 aromatic rings. The third kappa shape index (κ3) is 39.3. The van der Waals surface area contributed by atoms with E-state index < -0.39 is 124 Å². The second-order valence-corrected chi connectivity index (χ2v) is 28.9. The number of carbonyl (C=O) groups is 1. The SMILES string of the molecule is CCCCCCCCCCCCCCCCCCCCC/C=C/C(O)C(COC1OC(CO)C(OC2OC(CO)C(OC3OC(CO)C(O)C(O)C3O)C(O)C2O)C(O)C1O)NC(=O)CCCCCCCCCCCCCCCCCCCCCCCCCCCCCCCC. The fraction of sp³-hybridized carbons (Fsp3) is 0.961. The Balaban J connectivity index is 1.37. The van der Waals surface area contributed by atoms with Crippen LogP contribution in [0.5, 0.6) is 0 Å². The van der Waals surface area contributed by atoms with Gasteiger partial charge < -0.3 is 89.9 Å². The number of aliphatic hydroxyl groups is 11. The number of amides is 1. The van der Waals surface area contributed by atoms with Crippen molar-refractivity contribution in [3.63, 3.8) is 0 Å². The van der Waals surface area contributed by atoms with Gasteiger partial charge in [-0.15, -0.1) is 0 Å². The topological polar surface area (TPSA) is 307 Å². The molecule has 17 atom stereocenters. The summed E-state index contributed by atoms with van der Waals surface area (Å²) in [6, 6.07) is -0.970. The van der Waals surface area contributed by atoms with E-state index in [0.29, 0.717) is 6.42 Å². The Bertz CT molecular complexity index is 1790. The first-order valence-electron chi connectivity index (χ1n) is 39.9. The molecule has 12 N–H and O–H groups in total. The normalized spacial score (nSPS) is 27.0. The Morgan fingerprint density at radius 1 is 0.365 bits per heavy atom. The van der Waals surface area contributed by atoms with Crippen LogP contribution in [0, 0.1) is 0 Å². The zero-order valence-corrected chi connectivity index (χ0v) is 60.6. The van der Waals surface area contributed by atoms with E-state index in [-0.39, 0.29) is 18.9 Å². The van der Waals surface area contributed by atoms with Crippen molar-refractivity contribution in [1.82, 2.24) is 5.32 Å². The summed E-state index contributed by atoms with van der Waals surface area (Å²) in [4.78, 5) is 13.5. The standard InChI is InChI=1S/C77H147NO18/c1-3-5-7-9-11-13-15-17-19-21-23-25-26-27-28-29-30-31-32-33-35-37-39-41-43-45-47-49-51-53-55-65(83)78-60(61(82)54-52-50-48-46-44-42-40-38-36-34-24-22-20-18-16-14-12-10-8-6-4-2)59-91-75-71(89)68(86)73(63(57-80)93-75)96-77-72(90)69(87)74(64(58-81)94-77)95-76-70(88)67(85)66(84)62(56-79)92-76/h52,54,60-64,66-77,79-82,84-90H,3-51,53,55-59H2,1-2H3,(H,78,83)/b54-52+. The zero-order chi connectivity index (χ0) is 69.6. The molecule has 0 aromatic carbocycles. The second-order valence-electron chi connectivity index (χ2n) is 28.9. The summed E-state index contributed by atoms with van der Waals surface area (Å²) in [6.07, 6.45) is 42.0. The summed E-state index contributed by atoms with van der Waals surface area (Å²) in [7, 11) is 0. The molecule has 0 aliphatic carbocycles. The summed E-state index contributed by atoms with van der Waals surface area (Å²) in [5.74, 6) is -0.267. The fourth-order valence-corrected chi connectivity index (χ4v) is 13.9. The van der Waals surface area contributed by atoms with Crippen LogP contribution in [0.2, 0.25) is 0 Å². The Morgan fingerprint density at radius 2 is 0.646 bits per heavy atom. The van der Waals surface area contributed by atoms with Gasteiger partial charge in [0.05, 0.1) is 38.6 Å². The van der Waals surface area contributed by atoms with Crippen LogP contribution in [0.25, 0.3) is 0 Å². The van der Waals surface area contributed by atoms with Gasteiger partial charge >= 0.3 is 0 Å². The van der Waals surface area contributed by atoms with Crippen LogP contribution in [-0.4, -0.2) is 193 Å². The molecule has 96 heavy (non-hydrogen) atoms. The average Bonchev–Trinajstić information content (AvgIpc) is 0.798. The number of allylic oxidation sites excluding steroid dienone is 1. The third-order valence-electron chi connectivity index (χ3n) is 20.3. The number of hydrogen-bond acceptors (Lipinski definition) is 18. The van der Waals surface area contributed by atoms with Crippen molar-refractivity contribution in [2.75, 3.05) is 26.4 Å². The molecule has 3 aliphatic heterocycles. The first-order valence-corrected chi connectivity index (χ1v) is 39.9. The van der Waals surface area contributed by atoms with Crippen LogP contribution in [0.15, 0.2) is 12.2 Å². The molecule has 17 unspecified atom stereocenters. The number of nitrogens with one attached hydrogen (secondary N) is 1. The first kappa shape index (κ1) is 88.7. The largest absolute Gasteiger partial charge is 0.394 e. The van der Waals surface area contributed by atoms with Crippen molar-refractivity contribution in [1.29, 1.82) is 0 Å². The summed E-state index contributed by atoms with van der Waals surface area (Å²) in [5.41, 5.74) is 0. The lowest BCUT2D eigenvalue weighted by molar-refractivity contribution is -0.379. The Kier molecular flexibility index (Phi) is 54.5. The molecule has 19 heteroatoms. The first-order chi connectivity index (χ1) is 46.8. The minimum absolute atomic E-state index is 0.250. The van der Waals surface area contributed by atoms with Gasteiger partial charge in [0.15, 0.2) is 18.9 Å². The lowest BCUT2D eigenvalue weighted by Gasteiger charge is -2.48. The molecule has 3 rings (SSSR count). The predicted octanol–water partition coefficient (Wildman–Crippen LogP) is 12.8. The van der Waals surface area contributed by atoms with Crippen molar-refractivity contribution in [3.05, 3.63) is 12.2 Å². The van der Waals surface area contributed by atoms with Crippen molar-refractivity contribution in [2.45, 2.75) is 446 Å². The molecule has 1 amide bonds. The Morgan fingerprint density at radius 3 is 0.979 bits per heavy atom. The Labute approximate surface area is 582 Å². The molecule has 568 valence electrons. The third-order valence-corrected chi connectivity index (χ3v) is 20.3. The highest BCUT2D eigenvalue weighted by molar-refractivity contribution is 5.76. The molecule has 0 aromatic heterocycles. The van der Waals surface area contributed by atoms with Crippen molar-refractivity contribution < 1.29 is 89.4 Å². The maximum absolute atomic E-state index is 13.5. The van der Waals surface area contributed by atoms with Crippen LogP contribution >= 0.6 is 0 Å². The van der Waals surface area contributed by atoms with Gasteiger partial charge in [0.25, 0.3) is 0 Å². The smallest absolute Gasteiger partial charge is 0.220 e. The summed E-state index contributed by atoms with van der Waals surface area (Å²) in [6.45, 7) is 1.80. The van der Waals surface area contributed by atoms with Crippen LogP contribution in [-0.2, 0) is 33.2 Å². The van der Waals surface area contributed by atoms with Gasteiger partial charge in [0.1, 0.15) is 73.2 Å². The molecule has 3 saturated heterocycles. The molecular formula is C77H147NO18. The van der Waals surface area contributed by atoms with E-state index in [4.69, 9.17) is 28.4 Å². The van der Waals surface area contributed by atoms with E-state index in [1.54, 1.807) is 6.08 Å². The summed E-state index contributed by atoms with van der Waals surface area (Å²) >= 11 is 0. The van der Waals surface area contributed by atoms with Gasteiger partial charge in [-0.2, -0.15) is 0 Å². The molecule has 0 radical (unpaired) electrons. The molecule has 3 fully saturated rings. The van der Waals surface area contributed by atoms with Crippen LogP contribution in [0.1, 0.15) is 341 Å². The fourth-order valence-electron chi connectivity index (χ4n) is 13.9. The van der Waals surface area contributed by atoms with Gasteiger partial charge in [-0.05, 0) is 19.3 Å². The van der Waals surface area contributed by atoms with E-state index in [9.17, 15) is 61.0 Å². The zero-order valence-electron chi connectivity index (χ0n) is 60.6. The van der Waals surface area contributed by atoms with Crippen LogP contribution < -0.4 is 5.32 Å². The lowest BCUT2D eigenvalue weighted by atomic mass is 9.96. The van der Waals surface area contributed by atoms with E-state index in [2.05, 4.69) is 19.2 Å². The van der Waals surface area contributed by atoms with Gasteiger partial charge in [0, 0.05) is 6.42 Å². The molecular weight excluding hydrogens is 1230 g/mol. The number of ether oxygens (including phenoxy) is 6. The average molecular weight is 1380 g/mol. The highest BCUT2D eigenvalue weighted by Gasteiger charge is 2.54. The van der Waals surface area contributed by atoms with E-state index in [0.717, 1.165) is 44.9 Å². The maximum atomic E-state index is 13.5. The van der Waals surface area contributed by atoms with E-state index in [1.165, 1.54) is 270 Å². The van der Waals surface area contributed by atoms with Crippen molar-refractivity contribution in [3.8, 4) is 0 Å². The van der Waals surface area contributed by atoms with Gasteiger partial charge in [-0.1, -0.05) is 328 Å². The molecule has 19 nitrogen and oxygen atoms in total. The maximum Gasteiger partial charge on any atom is 0.220 e. The second kappa shape index (κ2) is 59.0. The van der Waals surface area contributed by atoms with Crippen molar-refractivity contribution >= 4 is 5.91 Å². The van der Waals surface area contributed by atoms with E-state index in [1.807, 2.05) is 6.08 Å². The minimum atomic E-state index is -1.98. The number of unbranched alkanes of at least 4 members (excludes halogenated alkanes) is 48. The Hall–Kier alpha value is -1.47. The summed E-state index contributed by atoms with van der Waals surface area (Å²) in [5, 5.41) is 121. The van der Waals surface area contributed by atoms with Crippen LogP contribution in [0.4, 0.5) is 0 Å². The van der Waals surface area contributed by atoms with Gasteiger partial charge in [-0.25, -0.2) is 0 Å². The number of rotatable bonds is 64. The number of aliphatic hydroxyl groups excluding tert-OH is 11. The molecule has 3 aliphatic rings. The number of hydrogen-bond donors (Lipinski definition) is 12.